The maximum Gasteiger partial charge on any atom is 0.573 e. The smallest absolute Gasteiger partial charge is 0.507 e. The molecule has 1 aliphatic rings. The molecule has 2 N–H and O–H groups in total. The summed E-state index contributed by atoms with van der Waals surface area (Å²) in [5.74, 6) is 0.335. The molecule has 27 heavy (non-hydrogen) atoms. The SMILES string of the molecule is COc1ccc([C@@H](c2ccc(OC(F)(F)F)cc2)N2CCNCC2)c(O)c1. The summed E-state index contributed by atoms with van der Waals surface area (Å²) in [5, 5.41) is 13.8. The van der Waals surface area contributed by atoms with Crippen molar-refractivity contribution in [3.63, 3.8) is 0 Å². The number of nitrogens with one attached hydrogen (secondary N) is 1. The summed E-state index contributed by atoms with van der Waals surface area (Å²) in [5.41, 5.74) is 1.44. The fourth-order valence-corrected chi connectivity index (χ4v) is 3.26. The van der Waals surface area contributed by atoms with Gasteiger partial charge in [0.1, 0.15) is 17.2 Å². The van der Waals surface area contributed by atoms with E-state index in [0.717, 1.165) is 31.7 Å². The van der Waals surface area contributed by atoms with Gasteiger partial charge in [-0.15, -0.1) is 13.2 Å². The molecule has 5 nitrogen and oxygen atoms in total. The summed E-state index contributed by atoms with van der Waals surface area (Å²) in [4.78, 5) is 2.18. The van der Waals surface area contributed by atoms with Crippen LogP contribution in [0.4, 0.5) is 13.2 Å². The standard InChI is InChI=1S/C19H21F3N2O3/c1-26-15-6-7-16(17(25)12-15)18(24-10-8-23-9-11-24)13-2-4-14(5-3-13)27-19(20,21)22/h2-7,12,18,23,25H,8-11H2,1H3/t18-/m1/s1. The number of aromatic hydroxyl groups is 1. The van der Waals surface area contributed by atoms with Crippen molar-refractivity contribution in [1.82, 2.24) is 10.2 Å². The van der Waals surface area contributed by atoms with Gasteiger partial charge in [-0.25, -0.2) is 0 Å². The number of hydrogen-bond donors (Lipinski definition) is 2. The predicted octanol–water partition coefficient (Wildman–Crippen LogP) is 3.29. The minimum absolute atomic E-state index is 0.0773. The lowest BCUT2D eigenvalue weighted by Gasteiger charge is -2.36. The van der Waals surface area contributed by atoms with Gasteiger partial charge in [-0.05, 0) is 29.8 Å². The van der Waals surface area contributed by atoms with Crippen LogP contribution in [0, 0.1) is 0 Å². The zero-order chi connectivity index (χ0) is 19.4. The van der Waals surface area contributed by atoms with Gasteiger partial charge in [-0.1, -0.05) is 12.1 Å². The Bertz CT molecular complexity index is 760. The molecule has 1 atom stereocenters. The third kappa shape index (κ3) is 4.84. The summed E-state index contributed by atoms with van der Waals surface area (Å²) in [6.45, 7) is 3.08. The second-order valence-electron chi connectivity index (χ2n) is 6.23. The number of hydrogen-bond acceptors (Lipinski definition) is 5. The van der Waals surface area contributed by atoms with Crippen molar-refractivity contribution in [2.45, 2.75) is 12.4 Å². The number of methoxy groups -OCH3 is 1. The average Bonchev–Trinajstić information content (AvgIpc) is 2.64. The van der Waals surface area contributed by atoms with Crippen molar-refractivity contribution in [1.29, 1.82) is 0 Å². The zero-order valence-corrected chi connectivity index (χ0v) is 14.8. The van der Waals surface area contributed by atoms with E-state index in [4.69, 9.17) is 4.74 Å². The van der Waals surface area contributed by atoms with Gasteiger partial charge in [0, 0.05) is 37.8 Å². The molecule has 1 aliphatic heterocycles. The largest absolute Gasteiger partial charge is 0.573 e. The fourth-order valence-electron chi connectivity index (χ4n) is 3.26. The molecule has 0 aromatic heterocycles. The van der Waals surface area contributed by atoms with E-state index in [0.29, 0.717) is 11.3 Å². The Morgan fingerprint density at radius 3 is 2.22 bits per heavy atom. The van der Waals surface area contributed by atoms with Crippen molar-refractivity contribution in [2.24, 2.45) is 0 Å². The van der Waals surface area contributed by atoms with Crippen LogP contribution in [0.2, 0.25) is 0 Å². The third-order valence-corrected chi connectivity index (χ3v) is 4.48. The van der Waals surface area contributed by atoms with Crippen molar-refractivity contribution >= 4 is 0 Å². The summed E-state index contributed by atoms with van der Waals surface area (Å²) in [6.07, 6.45) is -4.73. The number of nitrogens with zero attached hydrogens (tertiary/aromatic N) is 1. The van der Waals surface area contributed by atoms with Crippen LogP contribution in [-0.2, 0) is 0 Å². The van der Waals surface area contributed by atoms with E-state index in [9.17, 15) is 18.3 Å². The molecule has 0 radical (unpaired) electrons. The molecule has 0 bridgehead atoms. The molecule has 1 fully saturated rings. The Hall–Kier alpha value is -2.45. The van der Waals surface area contributed by atoms with Gasteiger partial charge in [0.15, 0.2) is 0 Å². The van der Waals surface area contributed by atoms with Gasteiger partial charge in [-0.2, -0.15) is 0 Å². The fraction of sp³-hybridized carbons (Fsp3) is 0.368. The molecular formula is C19H21F3N2O3. The monoisotopic (exact) mass is 382 g/mol. The maximum absolute atomic E-state index is 12.4. The average molecular weight is 382 g/mol. The van der Waals surface area contributed by atoms with E-state index in [-0.39, 0.29) is 17.5 Å². The van der Waals surface area contributed by atoms with Crippen molar-refractivity contribution in [3.8, 4) is 17.2 Å². The van der Waals surface area contributed by atoms with Crippen molar-refractivity contribution in [3.05, 3.63) is 53.6 Å². The topological polar surface area (TPSA) is 54.0 Å². The first-order valence-electron chi connectivity index (χ1n) is 8.55. The molecule has 1 saturated heterocycles. The van der Waals surface area contributed by atoms with E-state index in [1.807, 2.05) is 0 Å². The van der Waals surface area contributed by atoms with Gasteiger partial charge in [0.2, 0.25) is 0 Å². The predicted molar refractivity (Wildman–Crippen MR) is 94.1 cm³/mol. The van der Waals surface area contributed by atoms with Crippen LogP contribution in [0.25, 0.3) is 0 Å². The van der Waals surface area contributed by atoms with E-state index < -0.39 is 6.36 Å². The van der Waals surface area contributed by atoms with E-state index in [1.54, 1.807) is 24.3 Å². The lowest BCUT2D eigenvalue weighted by atomic mass is 9.95. The van der Waals surface area contributed by atoms with Crippen LogP contribution >= 0.6 is 0 Å². The molecule has 3 rings (SSSR count). The number of piperazine rings is 1. The highest BCUT2D eigenvalue weighted by Gasteiger charge is 2.31. The van der Waals surface area contributed by atoms with Crippen LogP contribution in [0.5, 0.6) is 17.2 Å². The Kier molecular flexibility index (Phi) is 5.76. The minimum atomic E-state index is -4.73. The summed E-state index contributed by atoms with van der Waals surface area (Å²) < 4.78 is 46.3. The summed E-state index contributed by atoms with van der Waals surface area (Å²) in [6, 6.07) is 10.5. The Morgan fingerprint density at radius 1 is 1.04 bits per heavy atom. The molecule has 0 aliphatic carbocycles. The van der Waals surface area contributed by atoms with E-state index >= 15 is 0 Å². The van der Waals surface area contributed by atoms with E-state index in [2.05, 4.69) is 15.0 Å². The third-order valence-electron chi connectivity index (χ3n) is 4.48. The number of alkyl halides is 3. The summed E-state index contributed by atoms with van der Waals surface area (Å²) in [7, 11) is 1.52. The second-order valence-corrected chi connectivity index (χ2v) is 6.23. The first kappa shape index (κ1) is 19.3. The Labute approximate surface area is 155 Å². The highest BCUT2D eigenvalue weighted by molar-refractivity contribution is 5.46. The van der Waals surface area contributed by atoms with Crippen LogP contribution < -0.4 is 14.8 Å². The number of halogens is 3. The highest BCUT2D eigenvalue weighted by atomic mass is 19.4. The van der Waals surface area contributed by atoms with E-state index in [1.165, 1.54) is 25.3 Å². The number of phenolic OH excluding ortho intramolecular Hbond substituents is 1. The molecule has 2 aromatic carbocycles. The maximum atomic E-state index is 12.4. The van der Waals surface area contributed by atoms with Gasteiger partial charge in [-0.3, -0.25) is 4.90 Å². The first-order chi connectivity index (χ1) is 12.9. The molecule has 0 spiro atoms. The first-order valence-corrected chi connectivity index (χ1v) is 8.55. The van der Waals surface area contributed by atoms with Crippen LogP contribution in [-0.4, -0.2) is 49.7 Å². The normalized spacial score (nSPS) is 16.7. The minimum Gasteiger partial charge on any atom is -0.507 e. The molecule has 0 saturated carbocycles. The molecule has 8 heteroatoms. The van der Waals surface area contributed by atoms with Crippen LogP contribution in [0.3, 0.4) is 0 Å². The lowest BCUT2D eigenvalue weighted by molar-refractivity contribution is -0.274. The summed E-state index contributed by atoms with van der Waals surface area (Å²) >= 11 is 0. The zero-order valence-electron chi connectivity index (χ0n) is 14.8. The number of phenols is 1. The van der Waals surface area contributed by atoms with Crippen molar-refractivity contribution in [2.75, 3.05) is 33.3 Å². The van der Waals surface area contributed by atoms with Gasteiger partial charge >= 0.3 is 6.36 Å². The Balaban J connectivity index is 1.95. The van der Waals surface area contributed by atoms with Crippen LogP contribution in [0.1, 0.15) is 17.2 Å². The van der Waals surface area contributed by atoms with Crippen molar-refractivity contribution < 1.29 is 27.8 Å². The van der Waals surface area contributed by atoms with Gasteiger partial charge in [0.05, 0.1) is 13.2 Å². The Morgan fingerprint density at radius 2 is 1.67 bits per heavy atom. The molecule has 0 amide bonds. The van der Waals surface area contributed by atoms with Gasteiger partial charge in [0.25, 0.3) is 0 Å². The highest BCUT2D eigenvalue weighted by Crippen LogP contribution is 2.37. The molecule has 2 aromatic rings. The molecule has 1 heterocycles. The molecule has 146 valence electrons. The molecule has 0 unspecified atom stereocenters. The van der Waals surface area contributed by atoms with Crippen LogP contribution in [0.15, 0.2) is 42.5 Å². The number of benzene rings is 2. The number of rotatable bonds is 5. The van der Waals surface area contributed by atoms with Gasteiger partial charge < -0.3 is 19.9 Å². The quantitative estimate of drug-likeness (QED) is 0.831. The lowest BCUT2D eigenvalue weighted by Crippen LogP contribution is -2.45. The molecular weight excluding hydrogens is 361 g/mol. The second kappa shape index (κ2) is 8.06. The number of ether oxygens (including phenoxy) is 2.